The molecule has 1 aromatic heterocycles. The van der Waals surface area contributed by atoms with E-state index in [-0.39, 0.29) is 24.0 Å². The number of nitrogens with one attached hydrogen (secondary N) is 2. The second-order valence-corrected chi connectivity index (χ2v) is 5.35. The molecule has 1 saturated carbocycles. The number of halogens is 1. The van der Waals surface area contributed by atoms with Crippen LogP contribution in [0.25, 0.3) is 0 Å². The van der Waals surface area contributed by atoms with Gasteiger partial charge in [0.2, 0.25) is 0 Å². The number of hydrogen-bond donors (Lipinski definition) is 2. The van der Waals surface area contributed by atoms with Gasteiger partial charge < -0.3 is 10.6 Å². The highest BCUT2D eigenvalue weighted by molar-refractivity contribution is 14.0. The minimum Gasteiger partial charge on any atom is -0.356 e. The van der Waals surface area contributed by atoms with E-state index in [0.717, 1.165) is 25.0 Å². The normalized spacial score (nSPS) is 15.1. The molecule has 1 aromatic rings. The molecule has 0 spiro atoms. The zero-order chi connectivity index (χ0) is 11.9. The molecule has 102 valence electrons. The summed E-state index contributed by atoms with van der Waals surface area (Å²) >= 11 is 1.73. The molecule has 0 unspecified atom stereocenters. The van der Waals surface area contributed by atoms with Gasteiger partial charge >= 0.3 is 0 Å². The Morgan fingerprint density at radius 1 is 1.44 bits per heavy atom. The monoisotopic (exact) mass is 379 g/mol. The van der Waals surface area contributed by atoms with Crippen molar-refractivity contribution >= 4 is 41.3 Å². The van der Waals surface area contributed by atoms with Gasteiger partial charge in [-0.15, -0.1) is 24.0 Å². The standard InChI is InChI=1S/C13H21N3S.HI/c1-14-13(15-7-2-3-11-4-5-11)16-9-12-6-8-17-10-12;/h6,8,10-11H,2-5,7,9H2,1H3,(H2,14,15,16);1H. The summed E-state index contributed by atoms with van der Waals surface area (Å²) in [6.45, 7) is 1.88. The number of hydrogen-bond acceptors (Lipinski definition) is 2. The topological polar surface area (TPSA) is 36.4 Å². The lowest BCUT2D eigenvalue weighted by Crippen LogP contribution is -2.37. The van der Waals surface area contributed by atoms with Crippen LogP contribution in [0.1, 0.15) is 31.2 Å². The molecular formula is C13H22IN3S. The maximum Gasteiger partial charge on any atom is 0.191 e. The molecule has 5 heteroatoms. The molecule has 3 nitrogen and oxygen atoms in total. The van der Waals surface area contributed by atoms with E-state index in [1.54, 1.807) is 11.3 Å². The Labute approximate surface area is 130 Å². The van der Waals surface area contributed by atoms with Crippen molar-refractivity contribution in [2.75, 3.05) is 13.6 Å². The SMILES string of the molecule is CN=C(NCCCC1CC1)NCc1ccsc1.I. The summed E-state index contributed by atoms with van der Waals surface area (Å²) in [7, 11) is 1.82. The van der Waals surface area contributed by atoms with Crippen molar-refractivity contribution in [2.45, 2.75) is 32.2 Å². The molecule has 0 radical (unpaired) electrons. The Balaban J connectivity index is 0.00000162. The van der Waals surface area contributed by atoms with Gasteiger partial charge in [0.15, 0.2) is 5.96 Å². The first-order valence-corrected chi connectivity index (χ1v) is 7.28. The molecule has 0 bridgehead atoms. The minimum atomic E-state index is 0. The van der Waals surface area contributed by atoms with Crippen LogP contribution < -0.4 is 10.6 Å². The molecular weight excluding hydrogens is 357 g/mol. The van der Waals surface area contributed by atoms with Gasteiger partial charge in [0.05, 0.1) is 0 Å². The Kier molecular flexibility index (Phi) is 7.65. The first kappa shape index (κ1) is 15.8. The van der Waals surface area contributed by atoms with Crippen LogP contribution in [-0.4, -0.2) is 19.6 Å². The first-order valence-electron chi connectivity index (χ1n) is 6.34. The molecule has 1 fully saturated rings. The number of rotatable bonds is 6. The largest absolute Gasteiger partial charge is 0.356 e. The average molecular weight is 379 g/mol. The maximum absolute atomic E-state index is 4.22. The molecule has 2 rings (SSSR count). The van der Waals surface area contributed by atoms with Crippen LogP contribution in [0.5, 0.6) is 0 Å². The van der Waals surface area contributed by atoms with E-state index in [0.29, 0.717) is 0 Å². The van der Waals surface area contributed by atoms with Gasteiger partial charge in [-0.2, -0.15) is 11.3 Å². The summed E-state index contributed by atoms with van der Waals surface area (Å²) in [6, 6.07) is 2.14. The number of thiophene rings is 1. The van der Waals surface area contributed by atoms with Crippen LogP contribution >= 0.6 is 35.3 Å². The summed E-state index contributed by atoms with van der Waals surface area (Å²) in [5.74, 6) is 1.93. The fourth-order valence-electron chi connectivity index (χ4n) is 1.80. The third-order valence-electron chi connectivity index (χ3n) is 3.04. The van der Waals surface area contributed by atoms with Gasteiger partial charge in [-0.1, -0.05) is 12.8 Å². The highest BCUT2D eigenvalue weighted by Gasteiger charge is 2.19. The van der Waals surface area contributed by atoms with Gasteiger partial charge in [-0.05, 0) is 41.1 Å². The predicted octanol–water partition coefficient (Wildman–Crippen LogP) is 3.22. The Hall–Kier alpha value is -0.300. The van der Waals surface area contributed by atoms with Gasteiger partial charge in [-0.25, -0.2) is 0 Å². The van der Waals surface area contributed by atoms with Crippen molar-refractivity contribution < 1.29 is 0 Å². The molecule has 1 aliphatic rings. The molecule has 1 aliphatic carbocycles. The highest BCUT2D eigenvalue weighted by atomic mass is 127. The Bertz CT molecular complexity index is 347. The van der Waals surface area contributed by atoms with Crippen molar-refractivity contribution in [1.29, 1.82) is 0 Å². The van der Waals surface area contributed by atoms with Crippen LogP contribution in [0.3, 0.4) is 0 Å². The van der Waals surface area contributed by atoms with Crippen molar-refractivity contribution in [1.82, 2.24) is 10.6 Å². The van der Waals surface area contributed by atoms with Crippen molar-refractivity contribution in [3.05, 3.63) is 22.4 Å². The van der Waals surface area contributed by atoms with Crippen molar-refractivity contribution in [3.8, 4) is 0 Å². The fraction of sp³-hybridized carbons (Fsp3) is 0.615. The van der Waals surface area contributed by atoms with Crippen molar-refractivity contribution in [3.63, 3.8) is 0 Å². The molecule has 2 N–H and O–H groups in total. The average Bonchev–Trinajstić information content (AvgIpc) is 3.02. The van der Waals surface area contributed by atoms with Crippen LogP contribution in [0.4, 0.5) is 0 Å². The van der Waals surface area contributed by atoms with Crippen LogP contribution in [0.2, 0.25) is 0 Å². The molecule has 0 aliphatic heterocycles. The van der Waals surface area contributed by atoms with E-state index in [1.165, 1.54) is 31.2 Å². The number of nitrogens with zero attached hydrogens (tertiary/aromatic N) is 1. The van der Waals surface area contributed by atoms with Gasteiger partial charge in [0.1, 0.15) is 0 Å². The summed E-state index contributed by atoms with van der Waals surface area (Å²) in [5.41, 5.74) is 1.32. The van der Waals surface area contributed by atoms with E-state index < -0.39 is 0 Å². The van der Waals surface area contributed by atoms with Crippen LogP contribution in [0, 0.1) is 5.92 Å². The molecule has 0 amide bonds. The smallest absolute Gasteiger partial charge is 0.191 e. The molecule has 0 atom stereocenters. The molecule has 18 heavy (non-hydrogen) atoms. The second-order valence-electron chi connectivity index (χ2n) is 4.57. The van der Waals surface area contributed by atoms with E-state index in [2.05, 4.69) is 32.5 Å². The third-order valence-corrected chi connectivity index (χ3v) is 3.77. The molecule has 1 heterocycles. The second kappa shape index (κ2) is 8.74. The molecule has 0 aromatic carbocycles. The zero-order valence-corrected chi connectivity index (χ0v) is 14.0. The van der Waals surface area contributed by atoms with Gasteiger partial charge in [-0.3, -0.25) is 4.99 Å². The summed E-state index contributed by atoms with van der Waals surface area (Å²) in [5, 5.41) is 10.9. The number of aliphatic imine (C=N–C) groups is 1. The van der Waals surface area contributed by atoms with E-state index in [1.807, 2.05) is 7.05 Å². The third kappa shape index (κ3) is 6.04. The Morgan fingerprint density at radius 2 is 2.28 bits per heavy atom. The van der Waals surface area contributed by atoms with E-state index in [9.17, 15) is 0 Å². The minimum absolute atomic E-state index is 0. The van der Waals surface area contributed by atoms with Gasteiger partial charge in [0, 0.05) is 20.1 Å². The molecule has 0 saturated heterocycles. The summed E-state index contributed by atoms with van der Waals surface area (Å²) in [6.07, 6.45) is 5.52. The lowest BCUT2D eigenvalue weighted by atomic mass is 10.2. The van der Waals surface area contributed by atoms with Crippen LogP contribution in [0.15, 0.2) is 21.8 Å². The number of guanidine groups is 1. The van der Waals surface area contributed by atoms with Crippen LogP contribution in [-0.2, 0) is 6.54 Å². The maximum atomic E-state index is 4.22. The zero-order valence-electron chi connectivity index (χ0n) is 10.8. The first-order chi connectivity index (χ1) is 8.38. The van der Waals surface area contributed by atoms with Gasteiger partial charge in [0.25, 0.3) is 0 Å². The highest BCUT2D eigenvalue weighted by Crippen LogP contribution is 2.33. The van der Waals surface area contributed by atoms with Crippen molar-refractivity contribution in [2.24, 2.45) is 10.9 Å². The summed E-state index contributed by atoms with van der Waals surface area (Å²) in [4.78, 5) is 4.22. The lowest BCUT2D eigenvalue weighted by Gasteiger charge is -2.10. The fourth-order valence-corrected chi connectivity index (χ4v) is 2.47. The lowest BCUT2D eigenvalue weighted by molar-refractivity contribution is 0.644. The predicted molar refractivity (Wildman–Crippen MR) is 89.9 cm³/mol. The Morgan fingerprint density at radius 3 is 2.89 bits per heavy atom. The summed E-state index contributed by atoms with van der Waals surface area (Å²) < 4.78 is 0. The van der Waals surface area contributed by atoms with E-state index >= 15 is 0 Å². The quantitative estimate of drug-likeness (QED) is 0.345. The van der Waals surface area contributed by atoms with E-state index in [4.69, 9.17) is 0 Å².